The van der Waals surface area contributed by atoms with Gasteiger partial charge in [-0.05, 0) is 31.1 Å². The van der Waals surface area contributed by atoms with E-state index in [1.165, 1.54) is 0 Å². The van der Waals surface area contributed by atoms with Crippen LogP contribution in [-0.2, 0) is 4.74 Å². The Morgan fingerprint density at radius 2 is 1.83 bits per heavy atom. The summed E-state index contributed by atoms with van der Waals surface area (Å²) in [5.74, 6) is 0.573. The molecule has 2 rings (SSSR count). The van der Waals surface area contributed by atoms with Crippen molar-refractivity contribution in [2.24, 2.45) is 17.3 Å². The molecule has 134 valence electrons. The van der Waals surface area contributed by atoms with Gasteiger partial charge in [-0.15, -0.1) is 0 Å². The first-order valence-corrected chi connectivity index (χ1v) is 9.18. The summed E-state index contributed by atoms with van der Waals surface area (Å²) >= 11 is 0. The van der Waals surface area contributed by atoms with Crippen molar-refractivity contribution in [3.63, 3.8) is 0 Å². The zero-order valence-corrected chi connectivity index (χ0v) is 14.9. The molecular weight excluding hydrogens is 292 g/mol. The minimum atomic E-state index is -0.103. The highest BCUT2D eigenvalue weighted by Crippen LogP contribution is 2.33. The average Bonchev–Trinajstić information content (AvgIpc) is 2.53. The van der Waals surface area contributed by atoms with Gasteiger partial charge in [0.25, 0.3) is 0 Å². The molecule has 5 nitrogen and oxygen atoms in total. The molecule has 1 aliphatic carbocycles. The molecule has 2 aliphatic rings. The van der Waals surface area contributed by atoms with Gasteiger partial charge in [-0.1, -0.05) is 33.6 Å². The second-order valence-corrected chi connectivity index (χ2v) is 8.25. The molecule has 1 aliphatic heterocycles. The SMILES string of the molecule is CC(C)(C)C1OCCCC1CNC(=O)NC1CCCCC1CO. The Morgan fingerprint density at radius 3 is 2.52 bits per heavy atom. The van der Waals surface area contributed by atoms with Crippen molar-refractivity contribution in [3.8, 4) is 0 Å². The van der Waals surface area contributed by atoms with Gasteiger partial charge in [0.2, 0.25) is 0 Å². The third-order valence-electron chi connectivity index (χ3n) is 5.28. The van der Waals surface area contributed by atoms with E-state index in [1.807, 2.05) is 0 Å². The fraction of sp³-hybridized carbons (Fsp3) is 0.944. The number of amides is 2. The summed E-state index contributed by atoms with van der Waals surface area (Å²) in [5, 5.41) is 15.5. The number of aliphatic hydroxyl groups excluding tert-OH is 1. The highest BCUT2D eigenvalue weighted by atomic mass is 16.5. The molecule has 3 N–H and O–H groups in total. The number of rotatable bonds is 4. The first-order valence-electron chi connectivity index (χ1n) is 9.18. The van der Waals surface area contributed by atoms with E-state index in [1.54, 1.807) is 0 Å². The lowest BCUT2D eigenvalue weighted by Gasteiger charge is -2.40. The fourth-order valence-electron chi connectivity index (χ4n) is 4.07. The first kappa shape index (κ1) is 18.5. The standard InChI is InChI=1S/C18H34N2O3/c1-18(2,3)16-13(8-6-10-23-16)11-19-17(22)20-15-9-5-4-7-14(15)12-21/h13-16,21H,4-12H2,1-3H3,(H2,19,20,22). The highest BCUT2D eigenvalue weighted by Gasteiger charge is 2.35. The summed E-state index contributed by atoms with van der Waals surface area (Å²) in [4.78, 5) is 12.2. The molecule has 0 aromatic heterocycles. The van der Waals surface area contributed by atoms with Crippen molar-refractivity contribution in [1.82, 2.24) is 10.6 Å². The molecule has 2 fully saturated rings. The van der Waals surface area contributed by atoms with E-state index in [-0.39, 0.29) is 36.1 Å². The van der Waals surface area contributed by atoms with E-state index in [0.29, 0.717) is 12.5 Å². The predicted molar refractivity (Wildman–Crippen MR) is 91.3 cm³/mol. The topological polar surface area (TPSA) is 70.6 Å². The maximum atomic E-state index is 12.2. The van der Waals surface area contributed by atoms with Crippen LogP contribution in [0.5, 0.6) is 0 Å². The van der Waals surface area contributed by atoms with E-state index in [4.69, 9.17) is 4.74 Å². The van der Waals surface area contributed by atoms with Crippen molar-refractivity contribution < 1.29 is 14.6 Å². The number of ether oxygens (including phenoxy) is 1. The van der Waals surface area contributed by atoms with Crippen LogP contribution in [0.4, 0.5) is 4.79 Å². The van der Waals surface area contributed by atoms with Crippen molar-refractivity contribution in [3.05, 3.63) is 0 Å². The minimum Gasteiger partial charge on any atom is -0.396 e. The van der Waals surface area contributed by atoms with Gasteiger partial charge in [0.05, 0.1) is 6.10 Å². The number of carbonyl (C=O) groups excluding carboxylic acids is 1. The van der Waals surface area contributed by atoms with Crippen LogP contribution in [-0.4, -0.2) is 43.0 Å². The Kier molecular flexibility index (Phi) is 6.72. The number of urea groups is 1. The molecule has 1 saturated heterocycles. The van der Waals surface area contributed by atoms with Crippen LogP contribution >= 0.6 is 0 Å². The van der Waals surface area contributed by atoms with Crippen LogP contribution in [0.15, 0.2) is 0 Å². The summed E-state index contributed by atoms with van der Waals surface area (Å²) in [6.07, 6.45) is 6.61. The summed E-state index contributed by atoms with van der Waals surface area (Å²) in [5.41, 5.74) is 0.0919. The number of carbonyl (C=O) groups is 1. The first-order chi connectivity index (χ1) is 10.9. The molecular formula is C18H34N2O3. The van der Waals surface area contributed by atoms with E-state index < -0.39 is 0 Å². The number of nitrogens with one attached hydrogen (secondary N) is 2. The molecule has 0 aromatic carbocycles. The van der Waals surface area contributed by atoms with Gasteiger partial charge < -0.3 is 20.5 Å². The summed E-state index contributed by atoms with van der Waals surface area (Å²) in [7, 11) is 0. The van der Waals surface area contributed by atoms with Gasteiger partial charge in [-0.3, -0.25) is 0 Å². The van der Waals surface area contributed by atoms with Crippen LogP contribution in [0.3, 0.4) is 0 Å². The monoisotopic (exact) mass is 326 g/mol. The van der Waals surface area contributed by atoms with E-state index in [0.717, 1.165) is 45.1 Å². The molecule has 0 bridgehead atoms. The van der Waals surface area contributed by atoms with Gasteiger partial charge in [0.1, 0.15) is 0 Å². The quantitative estimate of drug-likeness (QED) is 0.744. The molecule has 0 radical (unpaired) electrons. The highest BCUT2D eigenvalue weighted by molar-refractivity contribution is 5.74. The lowest BCUT2D eigenvalue weighted by Crippen LogP contribution is -2.50. The third-order valence-corrected chi connectivity index (χ3v) is 5.28. The predicted octanol–water partition coefficient (Wildman–Crippen LogP) is 2.68. The van der Waals surface area contributed by atoms with Gasteiger partial charge in [-0.25, -0.2) is 4.79 Å². The van der Waals surface area contributed by atoms with E-state index >= 15 is 0 Å². The Morgan fingerprint density at radius 1 is 1.13 bits per heavy atom. The molecule has 5 heteroatoms. The Labute approximate surface area is 140 Å². The Balaban J connectivity index is 1.80. The zero-order valence-electron chi connectivity index (χ0n) is 14.9. The second-order valence-electron chi connectivity index (χ2n) is 8.25. The van der Waals surface area contributed by atoms with Crippen molar-refractivity contribution in [2.75, 3.05) is 19.8 Å². The summed E-state index contributed by atoms with van der Waals surface area (Å²) in [6, 6.07) is 0.00310. The lowest BCUT2D eigenvalue weighted by atomic mass is 9.78. The largest absolute Gasteiger partial charge is 0.396 e. The molecule has 2 amide bonds. The van der Waals surface area contributed by atoms with Crippen molar-refractivity contribution in [2.45, 2.75) is 71.4 Å². The lowest BCUT2D eigenvalue weighted by molar-refractivity contribution is -0.0838. The number of aliphatic hydroxyl groups is 1. The third kappa shape index (κ3) is 5.35. The Hall–Kier alpha value is -0.810. The zero-order chi connectivity index (χ0) is 16.9. The van der Waals surface area contributed by atoms with Crippen molar-refractivity contribution in [1.29, 1.82) is 0 Å². The molecule has 1 heterocycles. The minimum absolute atomic E-state index is 0.0919. The van der Waals surface area contributed by atoms with Gasteiger partial charge in [-0.2, -0.15) is 0 Å². The molecule has 0 aromatic rings. The van der Waals surface area contributed by atoms with Crippen LogP contribution in [0, 0.1) is 17.3 Å². The van der Waals surface area contributed by atoms with Crippen LogP contribution < -0.4 is 10.6 Å². The maximum Gasteiger partial charge on any atom is 0.315 e. The van der Waals surface area contributed by atoms with E-state index in [9.17, 15) is 9.90 Å². The number of hydrogen-bond donors (Lipinski definition) is 3. The fourth-order valence-corrected chi connectivity index (χ4v) is 4.07. The second kappa shape index (κ2) is 8.34. The van der Waals surface area contributed by atoms with Gasteiger partial charge in [0, 0.05) is 37.6 Å². The van der Waals surface area contributed by atoms with E-state index in [2.05, 4.69) is 31.4 Å². The summed E-state index contributed by atoms with van der Waals surface area (Å²) in [6.45, 7) is 8.24. The summed E-state index contributed by atoms with van der Waals surface area (Å²) < 4.78 is 5.97. The van der Waals surface area contributed by atoms with Crippen LogP contribution in [0.25, 0.3) is 0 Å². The maximum absolute atomic E-state index is 12.2. The molecule has 0 spiro atoms. The Bertz CT molecular complexity index is 381. The number of hydrogen-bond acceptors (Lipinski definition) is 3. The van der Waals surface area contributed by atoms with Crippen LogP contribution in [0.1, 0.15) is 59.3 Å². The molecule has 23 heavy (non-hydrogen) atoms. The van der Waals surface area contributed by atoms with Gasteiger partial charge >= 0.3 is 6.03 Å². The molecule has 4 unspecified atom stereocenters. The normalized spacial score (nSPS) is 32.3. The van der Waals surface area contributed by atoms with Crippen LogP contribution in [0.2, 0.25) is 0 Å². The molecule has 4 atom stereocenters. The molecule has 1 saturated carbocycles. The van der Waals surface area contributed by atoms with Crippen molar-refractivity contribution >= 4 is 6.03 Å². The smallest absolute Gasteiger partial charge is 0.315 e. The van der Waals surface area contributed by atoms with Gasteiger partial charge in [0.15, 0.2) is 0 Å². The average molecular weight is 326 g/mol.